The summed E-state index contributed by atoms with van der Waals surface area (Å²) in [6.07, 6.45) is 0. The first kappa shape index (κ1) is 26.2. The summed E-state index contributed by atoms with van der Waals surface area (Å²) >= 11 is 0. The molecule has 0 radical (unpaired) electrons. The van der Waals surface area contributed by atoms with E-state index in [0.717, 1.165) is 5.69 Å². The maximum atomic E-state index is 14.0. The lowest BCUT2D eigenvalue weighted by Crippen LogP contribution is -2.51. The first-order valence-electron chi connectivity index (χ1n) is 11.8. The number of carbonyl (C=O) groups is 1. The zero-order chi connectivity index (χ0) is 25.5. The number of anilines is 2. The highest BCUT2D eigenvalue weighted by atomic mass is 19.1. The van der Waals surface area contributed by atoms with Crippen molar-refractivity contribution in [3.05, 3.63) is 71.7 Å². The van der Waals surface area contributed by atoms with Crippen LogP contribution in [0.3, 0.4) is 0 Å². The van der Waals surface area contributed by atoms with Crippen LogP contribution in [0.15, 0.2) is 59.7 Å². The lowest BCUT2D eigenvalue weighted by Gasteiger charge is -2.41. The molecule has 0 saturated carbocycles. The van der Waals surface area contributed by atoms with Gasteiger partial charge in [0.25, 0.3) is 0 Å². The van der Waals surface area contributed by atoms with E-state index in [9.17, 15) is 9.18 Å². The molecule has 1 heterocycles. The van der Waals surface area contributed by atoms with E-state index < -0.39 is 6.04 Å². The van der Waals surface area contributed by atoms with Gasteiger partial charge in [0.2, 0.25) is 11.8 Å². The molecule has 188 valence electrons. The molecule has 2 aromatic rings. The summed E-state index contributed by atoms with van der Waals surface area (Å²) < 4.78 is 14.0. The molecule has 0 aliphatic carbocycles. The molecule has 35 heavy (non-hydrogen) atoms. The lowest BCUT2D eigenvalue weighted by atomic mass is 10.0. The first-order valence-corrected chi connectivity index (χ1v) is 11.8. The van der Waals surface area contributed by atoms with Gasteiger partial charge in [-0.25, -0.2) is 9.38 Å². The smallest absolute Gasteiger partial charge is 0.244 e. The van der Waals surface area contributed by atoms with Gasteiger partial charge in [0, 0.05) is 50.5 Å². The van der Waals surface area contributed by atoms with Gasteiger partial charge < -0.3 is 20.4 Å². The average Bonchev–Trinajstić information content (AvgIpc) is 2.84. The van der Waals surface area contributed by atoms with Crippen LogP contribution in [0, 0.1) is 5.82 Å². The number of piperazine rings is 1. The van der Waals surface area contributed by atoms with Gasteiger partial charge in [0.05, 0.1) is 11.4 Å². The molecule has 1 atom stereocenters. The van der Waals surface area contributed by atoms with Crippen molar-refractivity contribution in [3.63, 3.8) is 0 Å². The number of carbonyl (C=O) groups excluding carboxylic acids is 1. The summed E-state index contributed by atoms with van der Waals surface area (Å²) in [6.45, 7) is 13.2. The van der Waals surface area contributed by atoms with Gasteiger partial charge in [-0.15, -0.1) is 0 Å². The lowest BCUT2D eigenvalue weighted by molar-refractivity contribution is -0.137. The van der Waals surface area contributed by atoms with Crippen molar-refractivity contribution in [2.45, 2.75) is 26.8 Å². The summed E-state index contributed by atoms with van der Waals surface area (Å²) in [5.41, 5.74) is 9.73. The van der Waals surface area contributed by atoms with Gasteiger partial charge in [-0.3, -0.25) is 9.69 Å². The second-order valence-electron chi connectivity index (χ2n) is 8.53. The molecule has 1 aliphatic rings. The van der Waals surface area contributed by atoms with Gasteiger partial charge in [-0.1, -0.05) is 18.7 Å². The highest BCUT2D eigenvalue weighted by Crippen LogP contribution is 2.30. The fourth-order valence-corrected chi connectivity index (χ4v) is 4.42. The SMILES string of the molecule is C=C(C)/N=C(\ON)c1ccc(N2CCN(C(C(=O)N(CC)CC)c3cccc(F)c3)CC2)c(N)c1. The van der Waals surface area contributed by atoms with Gasteiger partial charge >= 0.3 is 0 Å². The number of nitrogens with zero attached hydrogens (tertiary/aromatic N) is 4. The number of hydrogen-bond donors (Lipinski definition) is 2. The minimum Gasteiger partial charge on any atom is -0.397 e. The Morgan fingerprint density at radius 2 is 1.86 bits per heavy atom. The van der Waals surface area contributed by atoms with E-state index in [4.69, 9.17) is 16.5 Å². The quantitative estimate of drug-likeness (QED) is 0.259. The number of hydrogen-bond acceptors (Lipinski definition) is 7. The van der Waals surface area contributed by atoms with Crippen molar-refractivity contribution in [1.82, 2.24) is 9.80 Å². The van der Waals surface area contributed by atoms with E-state index in [1.807, 2.05) is 32.0 Å². The predicted octanol–water partition coefficient (Wildman–Crippen LogP) is 3.31. The fourth-order valence-electron chi connectivity index (χ4n) is 4.42. The Morgan fingerprint density at radius 1 is 1.17 bits per heavy atom. The third-order valence-corrected chi connectivity index (χ3v) is 6.17. The van der Waals surface area contributed by atoms with Gasteiger partial charge in [-0.2, -0.15) is 5.90 Å². The first-order chi connectivity index (χ1) is 16.8. The van der Waals surface area contributed by atoms with E-state index in [0.29, 0.717) is 61.8 Å². The Morgan fingerprint density at radius 3 is 2.40 bits per heavy atom. The average molecular weight is 483 g/mol. The molecule has 1 unspecified atom stereocenters. The van der Waals surface area contributed by atoms with E-state index in [1.54, 1.807) is 24.0 Å². The third kappa shape index (κ3) is 6.17. The summed E-state index contributed by atoms with van der Waals surface area (Å²) in [7, 11) is 0. The molecule has 8 nitrogen and oxygen atoms in total. The normalized spacial score (nSPS) is 15.6. The largest absolute Gasteiger partial charge is 0.397 e. The number of halogens is 1. The molecular formula is C26H35FN6O2. The molecule has 0 spiro atoms. The molecule has 1 aliphatic heterocycles. The number of benzene rings is 2. The van der Waals surface area contributed by atoms with Crippen LogP contribution in [0.5, 0.6) is 0 Å². The van der Waals surface area contributed by atoms with Crippen LogP contribution < -0.4 is 16.5 Å². The van der Waals surface area contributed by atoms with E-state index >= 15 is 0 Å². The maximum absolute atomic E-state index is 14.0. The summed E-state index contributed by atoms with van der Waals surface area (Å²) in [6, 6.07) is 11.3. The van der Waals surface area contributed by atoms with Crippen molar-refractivity contribution in [3.8, 4) is 0 Å². The second kappa shape index (κ2) is 11.8. The molecule has 0 aromatic heterocycles. The third-order valence-electron chi connectivity index (χ3n) is 6.17. The van der Waals surface area contributed by atoms with Crippen LogP contribution in [0.2, 0.25) is 0 Å². The summed E-state index contributed by atoms with van der Waals surface area (Å²) in [5.74, 6) is 5.26. The molecule has 1 fully saturated rings. The van der Waals surface area contributed by atoms with Crippen molar-refractivity contribution < 1.29 is 14.0 Å². The highest BCUT2D eigenvalue weighted by molar-refractivity contribution is 5.96. The van der Waals surface area contributed by atoms with E-state index in [2.05, 4.69) is 21.4 Å². The molecular weight excluding hydrogens is 447 g/mol. The van der Waals surface area contributed by atoms with Crippen molar-refractivity contribution in [2.24, 2.45) is 10.9 Å². The number of aliphatic imine (C=N–C) groups is 1. The predicted molar refractivity (Wildman–Crippen MR) is 138 cm³/mol. The topological polar surface area (TPSA) is 100 Å². The molecule has 2 aromatic carbocycles. The minimum absolute atomic E-state index is 0.0102. The number of nitrogen functional groups attached to an aromatic ring is 1. The standard InChI is InChI=1S/C26H35FN6O2/c1-5-31(6-2)26(34)24(19-8-7-9-21(27)16-19)33-14-12-32(13-15-33)23-11-10-20(17-22(23)28)25(35-29)30-18(3)4/h7-11,16-17,24H,3,5-6,12-15,28-29H2,1-2,4H3/b30-25-. The fraction of sp³-hybridized carbons (Fsp3) is 0.385. The van der Waals surface area contributed by atoms with Crippen molar-refractivity contribution in [2.75, 3.05) is 49.9 Å². The summed E-state index contributed by atoms with van der Waals surface area (Å²) in [5, 5.41) is 0. The Kier molecular flexibility index (Phi) is 8.84. The highest BCUT2D eigenvalue weighted by Gasteiger charge is 2.33. The minimum atomic E-state index is -0.532. The number of allylic oxidation sites excluding steroid dienone is 1. The van der Waals surface area contributed by atoms with E-state index in [-0.39, 0.29) is 17.6 Å². The molecule has 1 amide bonds. The zero-order valence-corrected chi connectivity index (χ0v) is 20.7. The second-order valence-corrected chi connectivity index (χ2v) is 8.53. The Bertz CT molecular complexity index is 1080. The zero-order valence-electron chi connectivity index (χ0n) is 20.7. The van der Waals surface area contributed by atoms with Crippen LogP contribution in [-0.2, 0) is 9.63 Å². The Hall–Kier alpha value is -3.43. The van der Waals surface area contributed by atoms with Crippen molar-refractivity contribution >= 4 is 23.2 Å². The van der Waals surface area contributed by atoms with Crippen LogP contribution in [0.1, 0.15) is 37.9 Å². The molecule has 3 rings (SSSR count). The molecule has 9 heteroatoms. The number of likely N-dealkylation sites (N-methyl/N-ethyl adjacent to an activating group) is 1. The maximum Gasteiger partial charge on any atom is 0.244 e. The molecule has 1 saturated heterocycles. The van der Waals surface area contributed by atoms with Gasteiger partial charge in [0.1, 0.15) is 11.9 Å². The number of rotatable bonds is 8. The molecule has 0 bridgehead atoms. The Balaban J connectivity index is 1.80. The van der Waals surface area contributed by atoms with Crippen LogP contribution in [0.4, 0.5) is 15.8 Å². The van der Waals surface area contributed by atoms with Crippen LogP contribution in [-0.4, -0.2) is 60.9 Å². The van der Waals surface area contributed by atoms with Crippen LogP contribution >= 0.6 is 0 Å². The van der Waals surface area contributed by atoms with Gasteiger partial charge in [0.15, 0.2) is 0 Å². The number of nitrogens with two attached hydrogens (primary N) is 2. The van der Waals surface area contributed by atoms with Crippen molar-refractivity contribution in [1.29, 1.82) is 0 Å². The summed E-state index contributed by atoms with van der Waals surface area (Å²) in [4.78, 5) is 28.6. The van der Waals surface area contributed by atoms with Gasteiger partial charge in [-0.05, 0) is 56.7 Å². The van der Waals surface area contributed by atoms with Crippen LogP contribution in [0.25, 0.3) is 0 Å². The molecule has 4 N–H and O–H groups in total. The number of amides is 1. The Labute approximate surface area is 206 Å². The monoisotopic (exact) mass is 482 g/mol. The van der Waals surface area contributed by atoms with E-state index in [1.165, 1.54) is 12.1 Å².